The summed E-state index contributed by atoms with van der Waals surface area (Å²) in [5.74, 6) is -0.783. The van der Waals surface area contributed by atoms with E-state index >= 15 is 0 Å². The van der Waals surface area contributed by atoms with Crippen LogP contribution in [0.2, 0.25) is 0 Å². The predicted octanol–water partition coefficient (Wildman–Crippen LogP) is 2.03. The molecule has 118 valence electrons. The van der Waals surface area contributed by atoms with Crippen LogP contribution in [-0.2, 0) is 16.0 Å². The molecule has 0 radical (unpaired) electrons. The fourth-order valence-electron chi connectivity index (χ4n) is 2.28. The first-order valence-electron chi connectivity index (χ1n) is 7.56. The summed E-state index contributed by atoms with van der Waals surface area (Å²) < 4.78 is 1.89. The molecule has 1 amide bonds. The Labute approximate surface area is 129 Å². The molecule has 0 aromatic carbocycles. The Hall–Kier alpha value is -2.37. The van der Waals surface area contributed by atoms with Gasteiger partial charge < -0.3 is 14.8 Å². The maximum atomic E-state index is 11.8. The third-order valence-electron chi connectivity index (χ3n) is 3.40. The Morgan fingerprint density at radius 3 is 2.77 bits per heavy atom. The van der Waals surface area contributed by atoms with Gasteiger partial charge in [0.05, 0.1) is 12.1 Å². The van der Waals surface area contributed by atoms with Crippen LogP contribution in [0.4, 0.5) is 0 Å². The van der Waals surface area contributed by atoms with Crippen molar-refractivity contribution in [2.75, 3.05) is 6.54 Å². The third kappa shape index (κ3) is 5.20. The molecule has 2 rings (SSSR count). The number of nitrogens with zero attached hydrogens (tertiary/aromatic N) is 2. The van der Waals surface area contributed by atoms with Crippen molar-refractivity contribution in [3.63, 3.8) is 0 Å². The largest absolute Gasteiger partial charge is 0.481 e. The lowest BCUT2D eigenvalue weighted by Crippen LogP contribution is -2.26. The van der Waals surface area contributed by atoms with E-state index in [1.165, 1.54) is 0 Å². The van der Waals surface area contributed by atoms with Gasteiger partial charge in [-0.15, -0.1) is 0 Å². The summed E-state index contributed by atoms with van der Waals surface area (Å²) in [6.07, 6.45) is 7.65. The van der Waals surface area contributed by atoms with Crippen molar-refractivity contribution >= 4 is 17.5 Å². The molecule has 0 saturated heterocycles. The average molecular weight is 303 g/mol. The summed E-state index contributed by atoms with van der Waals surface area (Å²) in [6.45, 7) is 0.624. The van der Waals surface area contributed by atoms with Crippen LogP contribution in [0.15, 0.2) is 30.6 Å². The van der Waals surface area contributed by atoms with Gasteiger partial charge in [0, 0.05) is 25.4 Å². The van der Waals surface area contributed by atoms with Crippen LogP contribution in [0.3, 0.4) is 0 Å². The van der Waals surface area contributed by atoms with E-state index in [1.54, 1.807) is 0 Å². The number of nitrogens with one attached hydrogen (secondary N) is 1. The Bertz CT molecular complexity index is 603. The van der Waals surface area contributed by atoms with E-state index in [4.69, 9.17) is 5.11 Å². The lowest BCUT2D eigenvalue weighted by atomic mass is 10.1. The molecule has 22 heavy (non-hydrogen) atoms. The molecule has 2 N–H and O–H groups in total. The summed E-state index contributed by atoms with van der Waals surface area (Å²) in [4.78, 5) is 26.6. The number of rotatable bonds is 9. The molecule has 0 fully saturated rings. The normalized spacial score (nSPS) is 10.7. The van der Waals surface area contributed by atoms with Crippen molar-refractivity contribution in [3.05, 3.63) is 36.3 Å². The zero-order valence-corrected chi connectivity index (χ0v) is 12.5. The van der Waals surface area contributed by atoms with Crippen LogP contribution >= 0.6 is 0 Å². The highest BCUT2D eigenvalue weighted by atomic mass is 16.4. The quantitative estimate of drug-likeness (QED) is 0.694. The molecule has 0 aliphatic carbocycles. The Morgan fingerprint density at radius 1 is 1.18 bits per heavy atom. The van der Waals surface area contributed by atoms with Gasteiger partial charge in [-0.1, -0.05) is 18.9 Å². The zero-order valence-electron chi connectivity index (χ0n) is 12.5. The van der Waals surface area contributed by atoms with E-state index in [1.807, 2.05) is 35.0 Å². The van der Waals surface area contributed by atoms with Crippen LogP contribution < -0.4 is 5.32 Å². The molecule has 0 atom stereocenters. The number of hydrogen-bond acceptors (Lipinski definition) is 3. The highest BCUT2D eigenvalue weighted by Gasteiger charge is 2.06. The fourth-order valence-corrected chi connectivity index (χ4v) is 2.28. The number of hydrogen-bond donors (Lipinski definition) is 2. The van der Waals surface area contributed by atoms with E-state index in [0.717, 1.165) is 30.6 Å². The summed E-state index contributed by atoms with van der Waals surface area (Å²) in [5.41, 5.74) is 1.59. The number of carbonyl (C=O) groups is 2. The first-order valence-corrected chi connectivity index (χ1v) is 7.56. The van der Waals surface area contributed by atoms with Crippen LogP contribution in [0, 0.1) is 0 Å². The standard InChI is InChI=1S/C16H21N3O3/c20-15(17-9-5-2-1-3-8-16(21)22)11-13-12-19-10-6-4-7-14(19)18-13/h4,6-7,10,12H,1-3,5,8-9,11H2,(H,17,20)(H,21,22). The molecule has 0 aliphatic rings. The van der Waals surface area contributed by atoms with Gasteiger partial charge in [-0.05, 0) is 25.0 Å². The van der Waals surface area contributed by atoms with E-state index in [2.05, 4.69) is 10.3 Å². The van der Waals surface area contributed by atoms with Gasteiger partial charge in [0.2, 0.25) is 5.91 Å². The number of carboxylic acid groups (broad SMARTS) is 1. The molecule has 6 nitrogen and oxygen atoms in total. The highest BCUT2D eigenvalue weighted by Crippen LogP contribution is 2.05. The predicted molar refractivity (Wildman–Crippen MR) is 82.6 cm³/mol. The van der Waals surface area contributed by atoms with Crippen LogP contribution in [0.5, 0.6) is 0 Å². The van der Waals surface area contributed by atoms with E-state index < -0.39 is 5.97 Å². The number of amides is 1. The molecule has 0 saturated carbocycles. The van der Waals surface area contributed by atoms with Gasteiger partial charge in [-0.25, -0.2) is 4.98 Å². The minimum atomic E-state index is -0.749. The number of carbonyl (C=O) groups excluding carboxylic acids is 1. The molecule has 2 aromatic heterocycles. The van der Waals surface area contributed by atoms with Gasteiger partial charge in [0.15, 0.2) is 0 Å². The van der Waals surface area contributed by atoms with Crippen molar-refractivity contribution in [2.24, 2.45) is 0 Å². The van der Waals surface area contributed by atoms with Gasteiger partial charge in [-0.3, -0.25) is 9.59 Å². The maximum Gasteiger partial charge on any atom is 0.303 e. The number of pyridine rings is 1. The highest BCUT2D eigenvalue weighted by molar-refractivity contribution is 5.78. The van der Waals surface area contributed by atoms with Crippen LogP contribution in [-0.4, -0.2) is 32.9 Å². The fraction of sp³-hybridized carbons (Fsp3) is 0.438. The number of fused-ring (bicyclic) bond motifs is 1. The summed E-state index contributed by atoms with van der Waals surface area (Å²) in [6, 6.07) is 5.73. The summed E-state index contributed by atoms with van der Waals surface area (Å²) in [5, 5.41) is 11.4. The molecule has 0 spiro atoms. The lowest BCUT2D eigenvalue weighted by Gasteiger charge is -2.03. The minimum absolute atomic E-state index is 0.0334. The monoisotopic (exact) mass is 303 g/mol. The molecular weight excluding hydrogens is 282 g/mol. The molecule has 2 heterocycles. The minimum Gasteiger partial charge on any atom is -0.481 e. The Morgan fingerprint density at radius 2 is 2.00 bits per heavy atom. The van der Waals surface area contributed by atoms with Gasteiger partial charge >= 0.3 is 5.97 Å². The van der Waals surface area contributed by atoms with Gasteiger partial charge in [0.25, 0.3) is 0 Å². The smallest absolute Gasteiger partial charge is 0.303 e. The van der Waals surface area contributed by atoms with E-state index in [-0.39, 0.29) is 18.7 Å². The number of aliphatic carboxylic acids is 1. The average Bonchev–Trinajstić information content (AvgIpc) is 2.88. The maximum absolute atomic E-state index is 11.8. The second-order valence-electron chi connectivity index (χ2n) is 5.28. The van der Waals surface area contributed by atoms with Crippen molar-refractivity contribution < 1.29 is 14.7 Å². The molecular formula is C16H21N3O3. The first kappa shape index (κ1) is 16.0. The number of imidazole rings is 1. The summed E-state index contributed by atoms with van der Waals surface area (Å²) in [7, 11) is 0. The van der Waals surface area contributed by atoms with Crippen LogP contribution in [0.25, 0.3) is 5.65 Å². The Balaban J connectivity index is 1.62. The van der Waals surface area contributed by atoms with E-state index in [0.29, 0.717) is 13.0 Å². The van der Waals surface area contributed by atoms with Crippen molar-refractivity contribution in [1.82, 2.24) is 14.7 Å². The number of carboxylic acids is 1. The SMILES string of the molecule is O=C(O)CCCCCCNC(=O)Cc1cn2ccccc2n1. The Kier molecular flexibility index (Phi) is 5.94. The molecule has 0 unspecified atom stereocenters. The van der Waals surface area contributed by atoms with Gasteiger partial charge in [-0.2, -0.15) is 0 Å². The third-order valence-corrected chi connectivity index (χ3v) is 3.40. The van der Waals surface area contributed by atoms with Crippen LogP contribution in [0.1, 0.15) is 37.8 Å². The van der Waals surface area contributed by atoms with E-state index in [9.17, 15) is 9.59 Å². The molecule has 2 aromatic rings. The lowest BCUT2D eigenvalue weighted by molar-refractivity contribution is -0.137. The number of aromatic nitrogens is 2. The van der Waals surface area contributed by atoms with Crippen molar-refractivity contribution in [3.8, 4) is 0 Å². The second-order valence-corrected chi connectivity index (χ2v) is 5.28. The van der Waals surface area contributed by atoms with Gasteiger partial charge in [0.1, 0.15) is 5.65 Å². The second kappa shape index (κ2) is 8.17. The molecule has 0 aliphatic heterocycles. The topological polar surface area (TPSA) is 83.7 Å². The van der Waals surface area contributed by atoms with Crippen molar-refractivity contribution in [1.29, 1.82) is 0 Å². The summed E-state index contributed by atoms with van der Waals surface area (Å²) >= 11 is 0. The molecule has 0 bridgehead atoms. The molecule has 6 heteroatoms. The zero-order chi connectivity index (χ0) is 15.8. The number of unbranched alkanes of at least 4 members (excludes halogenated alkanes) is 3. The first-order chi connectivity index (χ1) is 10.6. The van der Waals surface area contributed by atoms with Crippen molar-refractivity contribution in [2.45, 2.75) is 38.5 Å².